The fourth-order valence-corrected chi connectivity index (χ4v) is 2.40. The third kappa shape index (κ3) is 6.01. The first-order chi connectivity index (χ1) is 12.3. The van der Waals surface area contributed by atoms with Crippen LogP contribution in [0.25, 0.3) is 0 Å². The molecule has 136 valence electrons. The standard InChI is InChI=1S/C20H20ClNO4/c1-13-4-3-5-17(12-13)22-20(25)14(2)26-19(24)11-10-18(23)15-6-8-16(21)9-7-15/h3-9,12,14H,10-11H2,1-2H3,(H,22,25)/t14-/m0/s1. The molecule has 0 radical (unpaired) electrons. The Morgan fingerprint density at radius 3 is 2.42 bits per heavy atom. The number of carbonyl (C=O) groups excluding carboxylic acids is 3. The molecule has 0 unspecified atom stereocenters. The topological polar surface area (TPSA) is 72.5 Å². The van der Waals surface area contributed by atoms with Crippen LogP contribution < -0.4 is 5.32 Å². The van der Waals surface area contributed by atoms with E-state index in [2.05, 4.69) is 5.32 Å². The molecule has 0 bridgehead atoms. The van der Waals surface area contributed by atoms with Crippen molar-refractivity contribution < 1.29 is 19.1 Å². The van der Waals surface area contributed by atoms with E-state index in [1.165, 1.54) is 6.92 Å². The number of aryl methyl sites for hydroxylation is 1. The van der Waals surface area contributed by atoms with Crippen LogP contribution in [0.4, 0.5) is 5.69 Å². The van der Waals surface area contributed by atoms with E-state index in [-0.39, 0.29) is 18.6 Å². The van der Waals surface area contributed by atoms with Crippen molar-refractivity contribution in [1.82, 2.24) is 0 Å². The monoisotopic (exact) mass is 373 g/mol. The Balaban J connectivity index is 1.80. The first kappa shape index (κ1) is 19.7. The molecule has 2 rings (SSSR count). The second-order valence-corrected chi connectivity index (χ2v) is 6.36. The maximum absolute atomic E-state index is 12.1. The van der Waals surface area contributed by atoms with Crippen LogP contribution in [0.1, 0.15) is 35.7 Å². The Morgan fingerprint density at radius 2 is 1.77 bits per heavy atom. The molecular weight excluding hydrogens is 354 g/mol. The third-order valence-electron chi connectivity index (χ3n) is 3.69. The minimum absolute atomic E-state index is 0.00663. The van der Waals surface area contributed by atoms with Gasteiger partial charge in [0.1, 0.15) is 0 Å². The average molecular weight is 374 g/mol. The molecule has 2 aromatic carbocycles. The van der Waals surface area contributed by atoms with Gasteiger partial charge in [0.15, 0.2) is 11.9 Å². The third-order valence-corrected chi connectivity index (χ3v) is 3.94. The van der Waals surface area contributed by atoms with Gasteiger partial charge in [-0.25, -0.2) is 0 Å². The fraction of sp³-hybridized carbons (Fsp3) is 0.250. The minimum atomic E-state index is -0.950. The van der Waals surface area contributed by atoms with Crippen LogP contribution in [-0.4, -0.2) is 23.8 Å². The van der Waals surface area contributed by atoms with Crippen LogP contribution in [0.5, 0.6) is 0 Å². The number of halogens is 1. The zero-order valence-electron chi connectivity index (χ0n) is 14.6. The molecule has 26 heavy (non-hydrogen) atoms. The van der Waals surface area contributed by atoms with Crippen molar-refractivity contribution in [2.45, 2.75) is 32.8 Å². The predicted molar refractivity (Wildman–Crippen MR) is 100 cm³/mol. The van der Waals surface area contributed by atoms with E-state index < -0.39 is 18.0 Å². The van der Waals surface area contributed by atoms with Crippen LogP contribution in [0.15, 0.2) is 48.5 Å². The molecule has 0 aliphatic carbocycles. The summed E-state index contributed by atoms with van der Waals surface area (Å²) in [6, 6.07) is 13.7. The normalized spacial score (nSPS) is 11.5. The summed E-state index contributed by atoms with van der Waals surface area (Å²) in [7, 11) is 0. The maximum Gasteiger partial charge on any atom is 0.307 e. The lowest BCUT2D eigenvalue weighted by Gasteiger charge is -2.13. The van der Waals surface area contributed by atoms with Gasteiger partial charge in [0, 0.05) is 22.7 Å². The summed E-state index contributed by atoms with van der Waals surface area (Å²) in [5.74, 6) is -1.21. The SMILES string of the molecule is Cc1cccc(NC(=O)[C@H](C)OC(=O)CCC(=O)c2ccc(Cl)cc2)c1. The van der Waals surface area contributed by atoms with Crippen LogP contribution in [0, 0.1) is 6.92 Å². The van der Waals surface area contributed by atoms with Crippen LogP contribution in [0.2, 0.25) is 5.02 Å². The number of anilines is 1. The van der Waals surface area contributed by atoms with Gasteiger partial charge in [0.05, 0.1) is 6.42 Å². The molecule has 0 aliphatic heterocycles. The molecule has 0 spiro atoms. The summed E-state index contributed by atoms with van der Waals surface area (Å²) in [4.78, 5) is 36.0. The molecule has 2 aromatic rings. The molecule has 1 N–H and O–H groups in total. The number of esters is 1. The average Bonchev–Trinajstić information content (AvgIpc) is 2.60. The largest absolute Gasteiger partial charge is 0.453 e. The van der Waals surface area contributed by atoms with Gasteiger partial charge in [-0.1, -0.05) is 23.7 Å². The van der Waals surface area contributed by atoms with Gasteiger partial charge >= 0.3 is 5.97 Å². The summed E-state index contributed by atoms with van der Waals surface area (Å²) < 4.78 is 5.10. The maximum atomic E-state index is 12.1. The van der Waals surface area contributed by atoms with E-state index >= 15 is 0 Å². The molecule has 1 amide bonds. The van der Waals surface area contributed by atoms with E-state index in [1.807, 2.05) is 25.1 Å². The lowest BCUT2D eigenvalue weighted by Crippen LogP contribution is -2.30. The highest BCUT2D eigenvalue weighted by Crippen LogP contribution is 2.13. The number of ether oxygens (including phenoxy) is 1. The number of nitrogens with one attached hydrogen (secondary N) is 1. The van der Waals surface area contributed by atoms with Gasteiger partial charge in [-0.05, 0) is 55.8 Å². The predicted octanol–water partition coefficient (Wildman–Crippen LogP) is 4.18. The minimum Gasteiger partial charge on any atom is -0.453 e. The van der Waals surface area contributed by atoms with Crippen LogP contribution in [0.3, 0.4) is 0 Å². The molecule has 0 aliphatic rings. The summed E-state index contributed by atoms with van der Waals surface area (Å²) in [5, 5.41) is 3.22. The number of rotatable bonds is 7. The van der Waals surface area contributed by atoms with E-state index in [1.54, 1.807) is 30.3 Å². The van der Waals surface area contributed by atoms with Crippen molar-refractivity contribution in [3.05, 3.63) is 64.7 Å². The Bertz CT molecular complexity index is 802. The number of carbonyl (C=O) groups is 3. The van der Waals surface area contributed by atoms with Gasteiger partial charge in [-0.3, -0.25) is 14.4 Å². The van der Waals surface area contributed by atoms with Crippen molar-refractivity contribution in [3.63, 3.8) is 0 Å². The van der Waals surface area contributed by atoms with Crippen molar-refractivity contribution in [3.8, 4) is 0 Å². The lowest BCUT2D eigenvalue weighted by atomic mass is 10.1. The molecule has 5 nitrogen and oxygen atoms in total. The van der Waals surface area contributed by atoms with Gasteiger partial charge in [-0.2, -0.15) is 0 Å². The van der Waals surface area contributed by atoms with Crippen LogP contribution in [-0.2, 0) is 14.3 Å². The molecule has 0 aromatic heterocycles. The quantitative estimate of drug-likeness (QED) is 0.583. The zero-order valence-corrected chi connectivity index (χ0v) is 15.4. The van der Waals surface area contributed by atoms with Crippen molar-refractivity contribution in [2.24, 2.45) is 0 Å². The second kappa shape index (κ2) is 9.15. The number of amides is 1. The highest BCUT2D eigenvalue weighted by atomic mass is 35.5. The van der Waals surface area contributed by atoms with Gasteiger partial charge in [0.2, 0.25) is 0 Å². The molecule has 1 atom stereocenters. The molecular formula is C20H20ClNO4. The molecule has 0 saturated heterocycles. The Labute approximate surface area is 157 Å². The Kier molecular flexibility index (Phi) is 6.92. The smallest absolute Gasteiger partial charge is 0.307 e. The number of hydrogen-bond donors (Lipinski definition) is 1. The molecule has 0 heterocycles. The molecule has 6 heteroatoms. The highest BCUT2D eigenvalue weighted by molar-refractivity contribution is 6.30. The summed E-state index contributed by atoms with van der Waals surface area (Å²) >= 11 is 5.77. The number of Topliss-reactive ketones (excluding diaryl/α,β-unsaturated/α-hetero) is 1. The summed E-state index contributed by atoms with van der Waals surface area (Å²) in [5.41, 5.74) is 2.12. The summed E-state index contributed by atoms with van der Waals surface area (Å²) in [6.45, 7) is 3.40. The summed E-state index contributed by atoms with van der Waals surface area (Å²) in [6.07, 6.45) is -1.04. The fourth-order valence-electron chi connectivity index (χ4n) is 2.27. The highest BCUT2D eigenvalue weighted by Gasteiger charge is 2.19. The Morgan fingerprint density at radius 1 is 1.08 bits per heavy atom. The van der Waals surface area contributed by atoms with E-state index in [4.69, 9.17) is 16.3 Å². The van der Waals surface area contributed by atoms with Crippen molar-refractivity contribution in [2.75, 3.05) is 5.32 Å². The van der Waals surface area contributed by atoms with Crippen molar-refractivity contribution >= 4 is 34.9 Å². The first-order valence-electron chi connectivity index (χ1n) is 8.21. The number of ketones is 1. The molecule has 0 saturated carbocycles. The van der Waals surface area contributed by atoms with E-state index in [9.17, 15) is 14.4 Å². The Hall–Kier alpha value is -2.66. The number of benzene rings is 2. The lowest BCUT2D eigenvalue weighted by molar-refractivity contribution is -0.153. The second-order valence-electron chi connectivity index (χ2n) is 5.92. The zero-order chi connectivity index (χ0) is 19.1. The van der Waals surface area contributed by atoms with Crippen molar-refractivity contribution in [1.29, 1.82) is 0 Å². The molecule has 0 fully saturated rings. The van der Waals surface area contributed by atoms with Gasteiger partial charge in [0.25, 0.3) is 5.91 Å². The van der Waals surface area contributed by atoms with E-state index in [0.717, 1.165) is 5.56 Å². The first-order valence-corrected chi connectivity index (χ1v) is 8.59. The van der Waals surface area contributed by atoms with Gasteiger partial charge in [-0.15, -0.1) is 0 Å². The number of hydrogen-bond acceptors (Lipinski definition) is 4. The van der Waals surface area contributed by atoms with E-state index in [0.29, 0.717) is 16.3 Å². The van der Waals surface area contributed by atoms with Gasteiger partial charge < -0.3 is 10.1 Å². The van der Waals surface area contributed by atoms with Crippen LogP contribution >= 0.6 is 11.6 Å².